The fraction of sp³-hybridized carbons (Fsp3) is 0. The highest BCUT2D eigenvalue weighted by Crippen LogP contribution is 2.45. The van der Waals surface area contributed by atoms with Gasteiger partial charge < -0.3 is 9.80 Å². The van der Waals surface area contributed by atoms with E-state index in [9.17, 15) is 0 Å². The highest BCUT2D eigenvalue weighted by molar-refractivity contribution is 6.26. The minimum Gasteiger partial charge on any atom is -0.310 e. The summed E-state index contributed by atoms with van der Waals surface area (Å²) in [5.41, 5.74) is 9.18. The zero-order chi connectivity index (χ0) is 34.4. The zero-order valence-electron chi connectivity index (χ0n) is 28.5. The molecule has 0 saturated carbocycles. The van der Waals surface area contributed by atoms with E-state index in [2.05, 4.69) is 216 Å². The summed E-state index contributed by atoms with van der Waals surface area (Å²) in [6, 6.07) is 74.6. The molecule has 0 aromatic heterocycles. The summed E-state index contributed by atoms with van der Waals surface area (Å²) in [5, 5.41) is 10.1. The summed E-state index contributed by atoms with van der Waals surface area (Å²) in [6.45, 7) is 0. The molecule has 10 aromatic carbocycles. The maximum atomic E-state index is 2.40. The number of nitrogens with zero attached hydrogens (tertiary/aromatic N) is 2. The molecular formula is C50H34N2. The molecule has 0 heterocycles. The van der Waals surface area contributed by atoms with Crippen molar-refractivity contribution in [3.8, 4) is 11.1 Å². The lowest BCUT2D eigenvalue weighted by Crippen LogP contribution is -2.10. The first kappa shape index (κ1) is 30.0. The van der Waals surface area contributed by atoms with Crippen molar-refractivity contribution in [3.05, 3.63) is 206 Å². The number of hydrogen-bond acceptors (Lipinski definition) is 2. The van der Waals surface area contributed by atoms with Gasteiger partial charge >= 0.3 is 0 Å². The van der Waals surface area contributed by atoms with Crippen LogP contribution in [0.15, 0.2) is 206 Å². The van der Waals surface area contributed by atoms with Crippen LogP contribution in [0.5, 0.6) is 0 Å². The number of hydrogen-bond donors (Lipinski definition) is 0. The molecule has 0 amide bonds. The normalized spacial score (nSPS) is 11.5. The number of rotatable bonds is 7. The average molecular weight is 663 g/mol. The van der Waals surface area contributed by atoms with Crippen molar-refractivity contribution >= 4 is 77.2 Å². The fourth-order valence-electron chi connectivity index (χ4n) is 7.95. The molecule has 10 aromatic rings. The van der Waals surface area contributed by atoms with Gasteiger partial charge in [-0.05, 0) is 104 Å². The maximum Gasteiger partial charge on any atom is 0.0546 e. The Morgan fingerprint density at radius 3 is 1.35 bits per heavy atom. The van der Waals surface area contributed by atoms with E-state index in [0.29, 0.717) is 0 Å². The van der Waals surface area contributed by atoms with Gasteiger partial charge in [-0.15, -0.1) is 0 Å². The minimum absolute atomic E-state index is 1.12. The van der Waals surface area contributed by atoms with Gasteiger partial charge in [0.15, 0.2) is 0 Å². The van der Waals surface area contributed by atoms with Gasteiger partial charge in [-0.25, -0.2) is 0 Å². The Balaban J connectivity index is 1.05. The zero-order valence-corrected chi connectivity index (χ0v) is 28.5. The molecular weight excluding hydrogens is 629 g/mol. The monoisotopic (exact) mass is 662 g/mol. The molecule has 244 valence electrons. The van der Waals surface area contributed by atoms with Crippen LogP contribution in [0.25, 0.3) is 54.2 Å². The second kappa shape index (κ2) is 12.5. The predicted molar refractivity (Wildman–Crippen MR) is 222 cm³/mol. The van der Waals surface area contributed by atoms with Gasteiger partial charge in [-0.1, -0.05) is 146 Å². The SMILES string of the molecule is c1ccc(N(c2ccc(-c3ccc(N(c4ccccc4)c4cc5cccc6ccc7cccc4c7c65)cc3)cc2)c2cccc3ccccc23)cc1. The molecule has 0 bridgehead atoms. The summed E-state index contributed by atoms with van der Waals surface area (Å²) in [6.07, 6.45) is 0. The summed E-state index contributed by atoms with van der Waals surface area (Å²) in [7, 11) is 0. The Labute approximate surface area is 303 Å². The third kappa shape index (κ3) is 5.04. The van der Waals surface area contributed by atoms with Crippen LogP contribution in [-0.2, 0) is 0 Å². The van der Waals surface area contributed by atoms with E-state index < -0.39 is 0 Å². The first-order chi connectivity index (χ1) is 25.8. The first-order valence-corrected chi connectivity index (χ1v) is 17.9. The lowest BCUT2D eigenvalue weighted by atomic mass is 9.92. The van der Waals surface area contributed by atoms with Crippen LogP contribution >= 0.6 is 0 Å². The van der Waals surface area contributed by atoms with Gasteiger partial charge in [0.25, 0.3) is 0 Å². The second-order valence-corrected chi connectivity index (χ2v) is 13.4. The highest BCUT2D eigenvalue weighted by Gasteiger charge is 2.20. The van der Waals surface area contributed by atoms with Gasteiger partial charge in [0.05, 0.1) is 11.4 Å². The van der Waals surface area contributed by atoms with Crippen LogP contribution in [0.1, 0.15) is 0 Å². The lowest BCUT2D eigenvalue weighted by Gasteiger charge is -2.28. The van der Waals surface area contributed by atoms with E-state index in [1.807, 2.05) is 0 Å². The van der Waals surface area contributed by atoms with E-state index >= 15 is 0 Å². The molecule has 2 heteroatoms. The van der Waals surface area contributed by atoms with E-state index in [1.54, 1.807) is 0 Å². The molecule has 0 aliphatic carbocycles. The largest absolute Gasteiger partial charge is 0.310 e. The Hall–Kier alpha value is -6.90. The van der Waals surface area contributed by atoms with E-state index in [0.717, 1.165) is 28.4 Å². The summed E-state index contributed by atoms with van der Waals surface area (Å²) >= 11 is 0. The standard InChI is InChI=1S/C50H34N2/c1-3-17-41(18-4-1)51(47-23-11-13-37-12-7-8-21-45(37)47)43-30-26-35(27-31-43)36-28-32-44(33-29-36)52(42-19-5-2-6-20-42)48-34-40-16-9-14-38-24-25-39-15-10-22-46(48)50(39)49(38)40/h1-34H. The van der Waals surface area contributed by atoms with Gasteiger partial charge in [0.2, 0.25) is 0 Å². The first-order valence-electron chi connectivity index (χ1n) is 17.9. The minimum atomic E-state index is 1.12. The van der Waals surface area contributed by atoms with E-state index in [1.165, 1.54) is 59.9 Å². The van der Waals surface area contributed by atoms with Crippen molar-refractivity contribution in [1.82, 2.24) is 0 Å². The average Bonchev–Trinajstić information content (AvgIpc) is 3.22. The van der Waals surface area contributed by atoms with Gasteiger partial charge in [0.1, 0.15) is 0 Å². The molecule has 0 N–H and O–H groups in total. The molecule has 2 nitrogen and oxygen atoms in total. The Morgan fingerprint density at radius 1 is 0.250 bits per heavy atom. The van der Waals surface area contributed by atoms with Crippen LogP contribution in [-0.4, -0.2) is 0 Å². The molecule has 0 spiro atoms. The van der Waals surface area contributed by atoms with Crippen LogP contribution < -0.4 is 9.80 Å². The number of anilines is 6. The summed E-state index contributed by atoms with van der Waals surface area (Å²) in [5.74, 6) is 0. The van der Waals surface area contributed by atoms with E-state index in [-0.39, 0.29) is 0 Å². The number of fused-ring (bicyclic) bond motifs is 1. The summed E-state index contributed by atoms with van der Waals surface area (Å²) in [4.78, 5) is 4.75. The molecule has 0 saturated heterocycles. The quantitative estimate of drug-likeness (QED) is 0.157. The van der Waals surface area contributed by atoms with Crippen LogP contribution in [0, 0.1) is 0 Å². The predicted octanol–water partition coefficient (Wildman–Crippen LogP) is 14.3. The molecule has 0 aliphatic heterocycles. The van der Waals surface area contributed by atoms with Crippen molar-refractivity contribution in [3.63, 3.8) is 0 Å². The van der Waals surface area contributed by atoms with Crippen molar-refractivity contribution < 1.29 is 0 Å². The lowest BCUT2D eigenvalue weighted by molar-refractivity contribution is 1.29. The van der Waals surface area contributed by atoms with Crippen molar-refractivity contribution in [2.24, 2.45) is 0 Å². The third-order valence-corrected chi connectivity index (χ3v) is 10.3. The molecule has 0 fully saturated rings. The van der Waals surface area contributed by atoms with Crippen molar-refractivity contribution in [1.29, 1.82) is 0 Å². The summed E-state index contributed by atoms with van der Waals surface area (Å²) < 4.78 is 0. The number of para-hydroxylation sites is 2. The molecule has 0 unspecified atom stereocenters. The Kier molecular flexibility index (Phi) is 7.18. The smallest absolute Gasteiger partial charge is 0.0546 e. The Bertz CT molecular complexity index is 2820. The molecule has 52 heavy (non-hydrogen) atoms. The fourth-order valence-corrected chi connectivity index (χ4v) is 7.95. The van der Waals surface area contributed by atoms with E-state index in [4.69, 9.17) is 0 Å². The maximum absolute atomic E-state index is 2.40. The molecule has 0 aliphatic rings. The van der Waals surface area contributed by atoms with Crippen LogP contribution in [0.2, 0.25) is 0 Å². The highest BCUT2D eigenvalue weighted by atomic mass is 15.1. The molecule has 0 radical (unpaired) electrons. The third-order valence-electron chi connectivity index (χ3n) is 10.3. The Morgan fingerprint density at radius 2 is 0.692 bits per heavy atom. The van der Waals surface area contributed by atoms with Gasteiger partial charge in [-0.2, -0.15) is 0 Å². The topological polar surface area (TPSA) is 6.48 Å². The second-order valence-electron chi connectivity index (χ2n) is 13.4. The van der Waals surface area contributed by atoms with Gasteiger partial charge in [-0.3, -0.25) is 0 Å². The van der Waals surface area contributed by atoms with Gasteiger partial charge in [0, 0.05) is 33.5 Å². The molecule has 10 rings (SSSR count). The van der Waals surface area contributed by atoms with Crippen molar-refractivity contribution in [2.75, 3.05) is 9.80 Å². The van der Waals surface area contributed by atoms with Crippen LogP contribution in [0.3, 0.4) is 0 Å². The van der Waals surface area contributed by atoms with Crippen LogP contribution in [0.4, 0.5) is 34.1 Å². The molecule has 0 atom stereocenters. The van der Waals surface area contributed by atoms with Crippen molar-refractivity contribution in [2.45, 2.75) is 0 Å². The number of benzene rings is 10.